The van der Waals surface area contributed by atoms with E-state index in [0.29, 0.717) is 32.4 Å². The van der Waals surface area contributed by atoms with E-state index in [4.69, 9.17) is 11.6 Å². The van der Waals surface area contributed by atoms with Crippen molar-refractivity contribution < 1.29 is 18.0 Å². The maximum absolute atomic E-state index is 13.6. The zero-order chi connectivity index (χ0) is 26.9. The van der Waals surface area contributed by atoms with Crippen LogP contribution in [0.3, 0.4) is 0 Å². The highest BCUT2D eigenvalue weighted by Gasteiger charge is 2.44. The molecule has 0 fully saturated rings. The molecule has 5 rings (SSSR count). The molecule has 0 saturated heterocycles. The summed E-state index contributed by atoms with van der Waals surface area (Å²) in [6.07, 6.45) is 1.32. The zero-order valence-corrected chi connectivity index (χ0v) is 20.1. The number of alkyl halides is 3. The van der Waals surface area contributed by atoms with Gasteiger partial charge in [-0.2, -0.15) is 23.5 Å². The molecule has 0 radical (unpaired) electrons. The van der Waals surface area contributed by atoms with Crippen molar-refractivity contribution in [3.05, 3.63) is 90.1 Å². The Balaban J connectivity index is 1.55. The third-order valence-corrected chi connectivity index (χ3v) is 6.13. The SMILES string of the molecule is N#CCC(c1cccc(N(C(=O)C(F)(F)F)c2ccc(Cl)cc2)c1)n1cc(-c2ncnc3[nH]ccc23)cn1. The minimum absolute atomic E-state index is 0.00800. The Bertz CT molecular complexity index is 1650. The zero-order valence-electron chi connectivity index (χ0n) is 19.4. The molecular formula is C26H17ClF3N7O. The first kappa shape index (κ1) is 25.0. The molecule has 3 aromatic heterocycles. The van der Waals surface area contributed by atoms with Gasteiger partial charge in [-0.25, -0.2) is 9.97 Å². The second-order valence-electron chi connectivity index (χ2n) is 8.26. The van der Waals surface area contributed by atoms with Crippen LogP contribution in [0.25, 0.3) is 22.3 Å². The van der Waals surface area contributed by atoms with Crippen LogP contribution in [-0.4, -0.2) is 36.8 Å². The normalized spacial score (nSPS) is 12.3. The molecule has 3 heterocycles. The van der Waals surface area contributed by atoms with E-state index in [1.807, 2.05) is 6.07 Å². The summed E-state index contributed by atoms with van der Waals surface area (Å²) >= 11 is 5.90. The number of nitriles is 1. The molecule has 0 aliphatic rings. The van der Waals surface area contributed by atoms with Crippen LogP contribution in [0, 0.1) is 11.3 Å². The number of carbonyl (C=O) groups is 1. The number of aromatic nitrogens is 5. The Kier molecular flexibility index (Phi) is 6.57. The lowest BCUT2D eigenvalue weighted by Gasteiger charge is -2.25. The number of fused-ring (bicyclic) bond motifs is 1. The molecule has 5 aromatic rings. The monoisotopic (exact) mass is 535 g/mol. The average molecular weight is 536 g/mol. The predicted molar refractivity (Wildman–Crippen MR) is 135 cm³/mol. The quantitative estimate of drug-likeness (QED) is 0.278. The number of benzene rings is 2. The predicted octanol–water partition coefficient (Wildman–Crippen LogP) is 6.20. The molecule has 1 amide bonds. The second kappa shape index (κ2) is 9.99. The molecule has 1 N–H and O–H groups in total. The lowest BCUT2D eigenvalue weighted by Crippen LogP contribution is -2.38. The largest absolute Gasteiger partial charge is 0.472 e. The molecular weight excluding hydrogens is 519 g/mol. The number of aromatic amines is 1. The summed E-state index contributed by atoms with van der Waals surface area (Å²) in [5.74, 6) is -2.06. The topological polar surface area (TPSA) is 103 Å². The first-order valence-corrected chi connectivity index (χ1v) is 11.6. The smallest absolute Gasteiger partial charge is 0.346 e. The molecule has 1 atom stereocenters. The summed E-state index contributed by atoms with van der Waals surface area (Å²) in [6, 6.07) is 14.8. The number of anilines is 2. The van der Waals surface area contributed by atoms with Gasteiger partial charge < -0.3 is 4.98 Å². The standard InChI is InChI=1S/C26H17ClF3N7O/c27-18-4-6-19(7-5-18)37(25(38)26(28,29)30)20-3-1-2-16(12-20)22(8-10-31)36-14-17(13-35-36)23-21-9-11-32-24(21)34-15-33-23/h1-7,9,11-15,22H,8H2,(H,32,33,34). The van der Waals surface area contributed by atoms with Gasteiger partial charge in [0, 0.05) is 39.7 Å². The molecule has 0 aliphatic heterocycles. The van der Waals surface area contributed by atoms with Crippen molar-refractivity contribution in [1.82, 2.24) is 24.7 Å². The summed E-state index contributed by atoms with van der Waals surface area (Å²) in [5.41, 5.74) is 2.42. The molecule has 0 saturated carbocycles. The van der Waals surface area contributed by atoms with Gasteiger partial charge in [0.2, 0.25) is 0 Å². The van der Waals surface area contributed by atoms with Crippen molar-refractivity contribution in [2.75, 3.05) is 4.90 Å². The van der Waals surface area contributed by atoms with Gasteiger partial charge in [-0.05, 0) is 48.0 Å². The van der Waals surface area contributed by atoms with Gasteiger partial charge in [0.1, 0.15) is 12.0 Å². The van der Waals surface area contributed by atoms with Crippen LogP contribution in [0.15, 0.2) is 79.5 Å². The number of rotatable bonds is 6. The van der Waals surface area contributed by atoms with Crippen molar-refractivity contribution >= 4 is 39.9 Å². The first-order valence-electron chi connectivity index (χ1n) is 11.2. The summed E-state index contributed by atoms with van der Waals surface area (Å²) in [7, 11) is 0. The van der Waals surface area contributed by atoms with Crippen molar-refractivity contribution in [2.24, 2.45) is 0 Å². The van der Waals surface area contributed by atoms with Crippen molar-refractivity contribution in [3.63, 3.8) is 0 Å². The average Bonchev–Trinajstić information content (AvgIpc) is 3.58. The highest BCUT2D eigenvalue weighted by Crippen LogP contribution is 2.35. The summed E-state index contributed by atoms with van der Waals surface area (Å²) in [5, 5.41) is 15.0. The Morgan fingerprint density at radius 2 is 1.92 bits per heavy atom. The van der Waals surface area contributed by atoms with Crippen molar-refractivity contribution in [1.29, 1.82) is 5.26 Å². The van der Waals surface area contributed by atoms with Crippen molar-refractivity contribution in [2.45, 2.75) is 18.6 Å². The van der Waals surface area contributed by atoms with Gasteiger partial charge in [0.25, 0.3) is 0 Å². The van der Waals surface area contributed by atoms with E-state index in [1.165, 1.54) is 48.8 Å². The van der Waals surface area contributed by atoms with E-state index in [0.717, 1.165) is 5.39 Å². The van der Waals surface area contributed by atoms with Crippen LogP contribution in [0.4, 0.5) is 24.5 Å². The lowest BCUT2D eigenvalue weighted by molar-refractivity contribution is -0.169. The summed E-state index contributed by atoms with van der Waals surface area (Å²) in [6.45, 7) is 0. The first-order chi connectivity index (χ1) is 18.3. The lowest BCUT2D eigenvalue weighted by atomic mass is 10.0. The van der Waals surface area contributed by atoms with Gasteiger partial charge in [0.15, 0.2) is 0 Å². The minimum Gasteiger partial charge on any atom is -0.346 e. The number of halogens is 4. The van der Waals surface area contributed by atoms with Gasteiger partial charge in [-0.1, -0.05) is 23.7 Å². The summed E-state index contributed by atoms with van der Waals surface area (Å²) < 4.78 is 42.2. The van der Waals surface area contributed by atoms with Crippen LogP contribution < -0.4 is 4.90 Å². The Labute approximate surface area is 218 Å². The third kappa shape index (κ3) is 4.81. The van der Waals surface area contributed by atoms with Gasteiger partial charge in [-0.15, -0.1) is 0 Å². The highest BCUT2D eigenvalue weighted by molar-refractivity contribution is 6.30. The van der Waals surface area contributed by atoms with Crippen LogP contribution in [0.2, 0.25) is 5.02 Å². The van der Waals surface area contributed by atoms with Crippen LogP contribution in [0.5, 0.6) is 0 Å². The molecule has 2 aromatic carbocycles. The number of amides is 1. The molecule has 0 spiro atoms. The van der Waals surface area contributed by atoms with E-state index in [9.17, 15) is 23.2 Å². The van der Waals surface area contributed by atoms with E-state index >= 15 is 0 Å². The molecule has 0 aliphatic carbocycles. The molecule has 190 valence electrons. The molecule has 38 heavy (non-hydrogen) atoms. The van der Waals surface area contributed by atoms with Crippen molar-refractivity contribution in [3.8, 4) is 17.3 Å². The molecule has 0 bridgehead atoms. The fraction of sp³-hybridized carbons (Fsp3) is 0.115. The van der Waals surface area contributed by atoms with Gasteiger partial charge in [-0.3, -0.25) is 14.4 Å². The Morgan fingerprint density at radius 1 is 1.13 bits per heavy atom. The fourth-order valence-electron chi connectivity index (χ4n) is 4.16. The number of carbonyl (C=O) groups excluding carboxylic acids is 1. The van der Waals surface area contributed by atoms with Crippen LogP contribution in [-0.2, 0) is 4.79 Å². The van der Waals surface area contributed by atoms with Crippen LogP contribution in [0.1, 0.15) is 18.0 Å². The minimum atomic E-state index is -5.13. The van der Waals surface area contributed by atoms with Gasteiger partial charge in [0.05, 0.1) is 30.4 Å². The number of nitrogens with zero attached hydrogens (tertiary/aromatic N) is 6. The second-order valence-corrected chi connectivity index (χ2v) is 8.70. The van der Waals surface area contributed by atoms with Gasteiger partial charge >= 0.3 is 12.1 Å². The summed E-state index contributed by atoms with van der Waals surface area (Å²) in [4.78, 5) is 24.6. The molecule has 8 nitrogen and oxygen atoms in total. The van der Waals surface area contributed by atoms with E-state index < -0.39 is 18.1 Å². The van der Waals surface area contributed by atoms with E-state index in [1.54, 1.807) is 29.3 Å². The maximum Gasteiger partial charge on any atom is 0.472 e. The number of H-pyrrole nitrogens is 1. The van der Waals surface area contributed by atoms with E-state index in [2.05, 4.69) is 26.1 Å². The maximum atomic E-state index is 13.6. The molecule has 1 unspecified atom stereocenters. The fourth-order valence-corrected chi connectivity index (χ4v) is 4.28. The number of hydrogen-bond donors (Lipinski definition) is 1. The highest BCUT2D eigenvalue weighted by atomic mass is 35.5. The third-order valence-electron chi connectivity index (χ3n) is 5.88. The van der Waals surface area contributed by atoms with Crippen LogP contribution >= 0.6 is 11.6 Å². The Morgan fingerprint density at radius 3 is 2.66 bits per heavy atom. The molecule has 12 heteroatoms. The number of nitrogens with one attached hydrogen (secondary N) is 1. The Hall–Kier alpha value is -4.69. The number of hydrogen-bond acceptors (Lipinski definition) is 5. The van der Waals surface area contributed by atoms with E-state index in [-0.39, 0.29) is 17.8 Å².